The van der Waals surface area contributed by atoms with Crippen LogP contribution in [0.25, 0.3) is 0 Å². The van der Waals surface area contributed by atoms with Crippen LogP contribution in [-0.4, -0.2) is 29.2 Å². The van der Waals surface area contributed by atoms with Crippen molar-refractivity contribution in [2.75, 3.05) is 12.4 Å². The van der Waals surface area contributed by atoms with E-state index in [0.717, 1.165) is 23.5 Å². The van der Waals surface area contributed by atoms with Crippen LogP contribution < -0.4 is 11.1 Å². The van der Waals surface area contributed by atoms with Gasteiger partial charge in [0, 0.05) is 29.8 Å². The summed E-state index contributed by atoms with van der Waals surface area (Å²) in [5.74, 6) is 0.829. The van der Waals surface area contributed by atoms with Crippen molar-refractivity contribution in [3.05, 3.63) is 23.4 Å². The minimum atomic E-state index is 0.101. The Balaban J connectivity index is 2.15. The first-order chi connectivity index (χ1) is 8.84. The number of pyridine rings is 1. The molecule has 0 saturated heterocycles. The number of nitrogens with one attached hydrogen (secondary N) is 1. The van der Waals surface area contributed by atoms with Crippen LogP contribution in [0.15, 0.2) is 12.1 Å². The van der Waals surface area contributed by atoms with Gasteiger partial charge in [-0.25, -0.2) is 4.98 Å². The van der Waals surface area contributed by atoms with Gasteiger partial charge in [-0.3, -0.25) is 0 Å². The van der Waals surface area contributed by atoms with E-state index in [1.807, 2.05) is 19.1 Å². The van der Waals surface area contributed by atoms with Gasteiger partial charge < -0.3 is 15.8 Å². The Labute approximate surface area is 119 Å². The monoisotopic (exact) mass is 279 g/mol. The highest BCUT2D eigenvalue weighted by Crippen LogP contribution is 2.43. The van der Waals surface area contributed by atoms with Gasteiger partial charge in [-0.1, -0.05) is 26.1 Å². The fourth-order valence-corrected chi connectivity index (χ4v) is 2.71. The molecule has 19 heavy (non-hydrogen) atoms. The molecule has 1 fully saturated rings. The number of ether oxygens (including phenoxy) is 1. The maximum absolute atomic E-state index is 5.68. The summed E-state index contributed by atoms with van der Waals surface area (Å²) in [5.41, 5.74) is 7.54. The van der Waals surface area contributed by atoms with E-state index >= 15 is 0 Å². The zero-order valence-electron chi connectivity index (χ0n) is 11.9. The lowest BCUT2D eigenvalue weighted by Crippen LogP contribution is -2.57. The van der Waals surface area contributed by atoms with Crippen LogP contribution in [0.1, 0.15) is 31.5 Å². The van der Waals surface area contributed by atoms with E-state index in [-0.39, 0.29) is 5.41 Å². The van der Waals surface area contributed by atoms with Crippen LogP contribution in [0, 0.1) is 12.3 Å². The van der Waals surface area contributed by atoms with Crippen molar-refractivity contribution in [3.63, 3.8) is 0 Å². The lowest BCUT2D eigenvalue weighted by atomic mass is 9.64. The second-order valence-corrected chi connectivity index (χ2v) is 6.16. The van der Waals surface area contributed by atoms with E-state index in [4.69, 9.17) is 22.7 Å². The van der Waals surface area contributed by atoms with Gasteiger partial charge in [-0.15, -0.1) is 0 Å². The zero-order valence-corrected chi connectivity index (χ0v) is 12.7. The van der Waals surface area contributed by atoms with Crippen molar-refractivity contribution in [1.82, 2.24) is 4.98 Å². The van der Waals surface area contributed by atoms with Crippen molar-refractivity contribution < 1.29 is 4.74 Å². The third-order valence-corrected chi connectivity index (χ3v) is 4.26. The predicted octanol–water partition coefficient (Wildman–Crippen LogP) is 2.25. The average molecular weight is 279 g/mol. The number of nitrogens with zero attached hydrogens (tertiary/aromatic N) is 1. The molecule has 0 radical (unpaired) electrons. The van der Waals surface area contributed by atoms with E-state index < -0.39 is 0 Å². The number of nitrogens with two attached hydrogens (primary N) is 1. The number of hydrogen-bond acceptors (Lipinski definition) is 4. The van der Waals surface area contributed by atoms with Crippen LogP contribution >= 0.6 is 12.2 Å². The topological polar surface area (TPSA) is 60.2 Å². The third-order valence-electron chi connectivity index (χ3n) is 4.02. The van der Waals surface area contributed by atoms with Crippen LogP contribution in [-0.2, 0) is 4.74 Å². The van der Waals surface area contributed by atoms with Crippen molar-refractivity contribution >= 4 is 23.0 Å². The largest absolute Gasteiger partial charge is 0.389 e. The molecule has 104 valence electrons. The van der Waals surface area contributed by atoms with Crippen LogP contribution in [0.5, 0.6) is 0 Å². The van der Waals surface area contributed by atoms with E-state index in [9.17, 15) is 0 Å². The number of hydrogen-bond donors (Lipinski definition) is 2. The third kappa shape index (κ3) is 2.72. The Bertz CT molecular complexity index is 501. The van der Waals surface area contributed by atoms with Crippen molar-refractivity contribution in [2.24, 2.45) is 11.1 Å². The van der Waals surface area contributed by atoms with Crippen molar-refractivity contribution in [3.8, 4) is 0 Å². The summed E-state index contributed by atoms with van der Waals surface area (Å²) in [6.07, 6.45) is 1.28. The summed E-state index contributed by atoms with van der Waals surface area (Å²) in [5, 5.41) is 3.46. The molecule has 1 saturated carbocycles. The van der Waals surface area contributed by atoms with Gasteiger partial charge in [-0.2, -0.15) is 0 Å². The van der Waals surface area contributed by atoms with Gasteiger partial charge >= 0.3 is 0 Å². The van der Waals surface area contributed by atoms with Gasteiger partial charge in [0.05, 0.1) is 6.10 Å². The van der Waals surface area contributed by atoms with Gasteiger partial charge in [-0.05, 0) is 25.5 Å². The molecular weight excluding hydrogens is 258 g/mol. The fraction of sp³-hybridized carbons (Fsp3) is 0.571. The molecule has 5 heteroatoms. The number of rotatable bonds is 4. The maximum Gasteiger partial charge on any atom is 0.127 e. The van der Waals surface area contributed by atoms with Crippen LogP contribution in [0.4, 0.5) is 5.82 Å². The molecule has 0 aliphatic heterocycles. The standard InChI is InChI=1S/C14H21N3OS/c1-8-5-9(13(15)19)6-12(16-8)17-10-7-11(18-4)14(10,2)3/h5-6,10-11H,7H2,1-4H3,(H2,15,19)(H,16,17). The SMILES string of the molecule is COC1CC(Nc2cc(C(N)=S)cc(C)n2)C1(C)C. The van der Waals surface area contributed by atoms with Gasteiger partial charge in [0.25, 0.3) is 0 Å². The summed E-state index contributed by atoms with van der Waals surface area (Å²) in [7, 11) is 1.76. The molecule has 0 spiro atoms. The molecule has 1 heterocycles. The Morgan fingerprint density at radius 2 is 2.21 bits per heavy atom. The van der Waals surface area contributed by atoms with Crippen LogP contribution in [0.2, 0.25) is 0 Å². The minimum Gasteiger partial charge on any atom is -0.389 e. The molecule has 1 aliphatic carbocycles. The Morgan fingerprint density at radius 3 is 2.74 bits per heavy atom. The van der Waals surface area contributed by atoms with Crippen molar-refractivity contribution in [2.45, 2.75) is 39.3 Å². The summed E-state index contributed by atoms with van der Waals surface area (Å²) < 4.78 is 5.45. The van der Waals surface area contributed by atoms with E-state index in [1.54, 1.807) is 7.11 Å². The van der Waals surface area contributed by atoms with E-state index in [2.05, 4.69) is 24.1 Å². The molecule has 0 bridgehead atoms. The molecular formula is C14H21N3OS. The maximum atomic E-state index is 5.68. The number of aryl methyl sites for hydroxylation is 1. The predicted molar refractivity (Wildman–Crippen MR) is 81.5 cm³/mol. The van der Waals surface area contributed by atoms with E-state index in [0.29, 0.717) is 17.1 Å². The molecule has 2 rings (SSSR count). The number of aromatic nitrogens is 1. The fourth-order valence-electron chi connectivity index (χ4n) is 2.59. The minimum absolute atomic E-state index is 0.101. The van der Waals surface area contributed by atoms with Gasteiger partial charge in [0.15, 0.2) is 0 Å². The number of anilines is 1. The zero-order chi connectivity index (χ0) is 14.2. The molecule has 1 aromatic heterocycles. The molecule has 4 nitrogen and oxygen atoms in total. The smallest absolute Gasteiger partial charge is 0.127 e. The molecule has 1 aromatic rings. The second kappa shape index (κ2) is 5.06. The first kappa shape index (κ1) is 14.2. The first-order valence-corrected chi connectivity index (χ1v) is 6.83. The van der Waals surface area contributed by atoms with E-state index in [1.165, 1.54) is 0 Å². The highest BCUT2D eigenvalue weighted by Gasteiger charge is 2.48. The Morgan fingerprint density at radius 1 is 1.53 bits per heavy atom. The molecule has 2 unspecified atom stereocenters. The first-order valence-electron chi connectivity index (χ1n) is 6.42. The number of methoxy groups -OCH3 is 1. The highest BCUT2D eigenvalue weighted by atomic mass is 32.1. The highest BCUT2D eigenvalue weighted by molar-refractivity contribution is 7.80. The van der Waals surface area contributed by atoms with Gasteiger partial charge in [0.2, 0.25) is 0 Å². The summed E-state index contributed by atoms with van der Waals surface area (Å²) in [6, 6.07) is 4.16. The summed E-state index contributed by atoms with van der Waals surface area (Å²) in [4.78, 5) is 4.89. The Kier molecular flexibility index (Phi) is 3.78. The van der Waals surface area contributed by atoms with Crippen molar-refractivity contribution in [1.29, 1.82) is 0 Å². The summed E-state index contributed by atoms with van der Waals surface area (Å²) in [6.45, 7) is 6.34. The molecule has 2 atom stereocenters. The quantitative estimate of drug-likeness (QED) is 0.828. The normalized spacial score (nSPS) is 24.6. The lowest BCUT2D eigenvalue weighted by molar-refractivity contribution is -0.0795. The average Bonchev–Trinajstić information content (AvgIpc) is 2.33. The lowest BCUT2D eigenvalue weighted by Gasteiger charge is -2.51. The molecule has 3 N–H and O–H groups in total. The molecule has 0 aromatic carbocycles. The van der Waals surface area contributed by atoms with Crippen LogP contribution in [0.3, 0.4) is 0 Å². The Hall–Kier alpha value is -1.20. The molecule has 1 aliphatic rings. The summed E-state index contributed by atoms with van der Waals surface area (Å²) >= 11 is 5.02. The van der Waals surface area contributed by atoms with Gasteiger partial charge in [0.1, 0.15) is 10.8 Å². The molecule has 0 amide bonds. The number of thiocarbonyl (C=S) groups is 1. The second-order valence-electron chi connectivity index (χ2n) is 5.73.